The first-order chi connectivity index (χ1) is 13.0. The van der Waals surface area contributed by atoms with E-state index in [1.165, 1.54) is 12.1 Å². The lowest BCUT2D eigenvalue weighted by molar-refractivity contribution is -0.718. The number of hydrogen-bond donors (Lipinski definition) is 2. The summed E-state index contributed by atoms with van der Waals surface area (Å²) in [6.07, 6.45) is 0. The van der Waals surface area contributed by atoms with E-state index in [0.29, 0.717) is 10.7 Å². The van der Waals surface area contributed by atoms with Crippen LogP contribution < -0.4 is 10.6 Å². The summed E-state index contributed by atoms with van der Waals surface area (Å²) in [6, 6.07) is 22.4. The average Bonchev–Trinajstić information content (AvgIpc) is 2.68. The van der Waals surface area contributed by atoms with Gasteiger partial charge < -0.3 is 10.6 Å². The Kier molecular flexibility index (Phi) is 6.22. The van der Waals surface area contributed by atoms with Gasteiger partial charge in [-0.25, -0.2) is 4.39 Å². The molecule has 0 bridgehead atoms. The van der Waals surface area contributed by atoms with E-state index in [4.69, 9.17) is 11.6 Å². The lowest BCUT2D eigenvalue weighted by Crippen LogP contribution is -2.87. The highest BCUT2D eigenvalue weighted by molar-refractivity contribution is 6.31. The van der Waals surface area contributed by atoms with E-state index in [1.54, 1.807) is 12.1 Å². The summed E-state index contributed by atoms with van der Waals surface area (Å²) >= 11 is 6.32. The highest BCUT2D eigenvalue weighted by Crippen LogP contribution is 2.21. The normalized spacial score (nSPS) is 13.0. The van der Waals surface area contributed by atoms with Crippen molar-refractivity contribution in [1.82, 2.24) is 0 Å². The maximum atomic E-state index is 13.1. The molecule has 138 valence electrons. The number of carbonyl (C=O) groups excluding carboxylic acids is 1. The van der Waals surface area contributed by atoms with Crippen LogP contribution in [0, 0.1) is 5.82 Å². The fourth-order valence-corrected chi connectivity index (χ4v) is 3.31. The molecule has 0 aromatic heterocycles. The molecule has 0 unspecified atom stereocenters. The maximum absolute atomic E-state index is 13.1. The molecule has 0 radical (unpaired) electrons. The third-order valence-corrected chi connectivity index (χ3v) is 4.77. The minimum atomic E-state index is -0.470. The average molecular weight is 384 g/mol. The van der Waals surface area contributed by atoms with Crippen molar-refractivity contribution in [3.63, 3.8) is 0 Å². The Morgan fingerprint density at radius 3 is 2.26 bits per heavy atom. The third kappa shape index (κ3) is 4.94. The van der Waals surface area contributed by atoms with Gasteiger partial charge in [0.25, 0.3) is 5.91 Å². The summed E-state index contributed by atoms with van der Waals surface area (Å²) in [7, 11) is 0. The first-order valence-corrected chi connectivity index (χ1v) is 9.13. The number of amides is 1. The lowest BCUT2D eigenvalue weighted by atomic mass is 10.0. The Hall–Kier alpha value is -2.69. The van der Waals surface area contributed by atoms with Gasteiger partial charge in [-0.05, 0) is 37.3 Å². The topological polar surface area (TPSA) is 45.7 Å². The summed E-state index contributed by atoms with van der Waals surface area (Å²) in [5, 5.41) is 5.52. The Morgan fingerprint density at radius 1 is 0.963 bits per heavy atom. The highest BCUT2D eigenvalue weighted by atomic mass is 35.5. The van der Waals surface area contributed by atoms with Gasteiger partial charge in [0.05, 0.1) is 0 Å². The van der Waals surface area contributed by atoms with Crippen LogP contribution in [0.5, 0.6) is 0 Å². The molecule has 0 spiro atoms. The van der Waals surface area contributed by atoms with E-state index < -0.39 is 6.04 Å². The Morgan fingerprint density at radius 2 is 1.59 bits per heavy atom. The SMILES string of the molecule is C[C@@H]([NH2+][C@@H](C(=O)Nc1ccc(F)cc1)c1ccccc1)c1ccccc1Cl. The first kappa shape index (κ1) is 19.1. The van der Waals surface area contributed by atoms with Gasteiger partial charge in [-0.15, -0.1) is 0 Å². The van der Waals surface area contributed by atoms with Crippen molar-refractivity contribution < 1.29 is 14.5 Å². The van der Waals surface area contributed by atoms with Gasteiger partial charge in [0, 0.05) is 21.8 Å². The molecule has 0 saturated heterocycles. The molecule has 5 heteroatoms. The van der Waals surface area contributed by atoms with Crippen LogP contribution in [0.2, 0.25) is 5.02 Å². The molecular formula is C22H21ClFN2O+. The summed E-state index contributed by atoms with van der Waals surface area (Å²) in [4.78, 5) is 13.0. The number of nitrogens with one attached hydrogen (secondary N) is 1. The van der Waals surface area contributed by atoms with Crippen LogP contribution >= 0.6 is 11.6 Å². The quantitative estimate of drug-likeness (QED) is 0.647. The molecule has 3 N–H and O–H groups in total. The zero-order valence-electron chi connectivity index (χ0n) is 14.9. The molecule has 27 heavy (non-hydrogen) atoms. The smallest absolute Gasteiger partial charge is 0.287 e. The van der Waals surface area contributed by atoms with Crippen molar-refractivity contribution in [2.75, 3.05) is 5.32 Å². The lowest BCUT2D eigenvalue weighted by Gasteiger charge is -2.21. The van der Waals surface area contributed by atoms with Gasteiger partial charge in [0.2, 0.25) is 0 Å². The number of quaternary nitrogens is 1. The number of nitrogens with two attached hydrogens (primary N) is 1. The predicted molar refractivity (Wildman–Crippen MR) is 106 cm³/mol. The van der Waals surface area contributed by atoms with Crippen LogP contribution in [-0.4, -0.2) is 5.91 Å². The van der Waals surface area contributed by atoms with Crippen molar-refractivity contribution >= 4 is 23.2 Å². The van der Waals surface area contributed by atoms with E-state index in [2.05, 4.69) is 5.32 Å². The van der Waals surface area contributed by atoms with Crippen molar-refractivity contribution in [2.24, 2.45) is 0 Å². The molecule has 0 fully saturated rings. The molecular weight excluding hydrogens is 363 g/mol. The van der Waals surface area contributed by atoms with Gasteiger partial charge in [-0.3, -0.25) is 4.79 Å². The number of hydrogen-bond acceptors (Lipinski definition) is 1. The maximum Gasteiger partial charge on any atom is 0.287 e. The number of benzene rings is 3. The van der Waals surface area contributed by atoms with E-state index in [9.17, 15) is 9.18 Å². The van der Waals surface area contributed by atoms with Crippen LogP contribution in [0.25, 0.3) is 0 Å². The fraction of sp³-hybridized carbons (Fsp3) is 0.136. The number of halogens is 2. The van der Waals surface area contributed by atoms with E-state index >= 15 is 0 Å². The zero-order chi connectivity index (χ0) is 19.2. The van der Waals surface area contributed by atoms with Crippen LogP contribution in [0.4, 0.5) is 10.1 Å². The molecule has 3 rings (SSSR count). The van der Waals surface area contributed by atoms with Gasteiger partial charge >= 0.3 is 0 Å². The number of carbonyl (C=O) groups is 1. The zero-order valence-corrected chi connectivity index (χ0v) is 15.7. The van der Waals surface area contributed by atoms with Crippen molar-refractivity contribution in [2.45, 2.75) is 19.0 Å². The second kappa shape index (κ2) is 8.80. The minimum Gasteiger partial charge on any atom is -0.326 e. The van der Waals surface area contributed by atoms with Gasteiger partial charge in [0.15, 0.2) is 6.04 Å². The second-order valence-corrected chi connectivity index (χ2v) is 6.79. The van der Waals surface area contributed by atoms with Gasteiger partial charge in [-0.2, -0.15) is 0 Å². The molecule has 0 aliphatic heterocycles. The first-order valence-electron chi connectivity index (χ1n) is 8.75. The highest BCUT2D eigenvalue weighted by Gasteiger charge is 2.27. The summed E-state index contributed by atoms with van der Waals surface area (Å²) < 4.78 is 13.1. The van der Waals surface area contributed by atoms with Crippen molar-refractivity contribution in [1.29, 1.82) is 0 Å². The molecule has 0 aliphatic rings. The summed E-state index contributed by atoms with van der Waals surface area (Å²) in [5.41, 5.74) is 2.41. The molecule has 0 saturated carbocycles. The number of rotatable bonds is 6. The molecule has 0 aliphatic carbocycles. The molecule has 1 amide bonds. The third-order valence-electron chi connectivity index (χ3n) is 4.43. The van der Waals surface area contributed by atoms with Crippen molar-refractivity contribution in [3.05, 3.63) is 101 Å². The fourth-order valence-electron chi connectivity index (χ4n) is 3.00. The molecule has 3 aromatic rings. The Bertz CT molecular complexity index is 900. The molecule has 0 heterocycles. The van der Waals surface area contributed by atoms with Crippen LogP contribution in [0.1, 0.15) is 30.1 Å². The molecule has 3 aromatic carbocycles. The summed E-state index contributed by atoms with van der Waals surface area (Å²) in [6.45, 7) is 2.02. The van der Waals surface area contributed by atoms with Crippen LogP contribution in [0.3, 0.4) is 0 Å². The standard InChI is InChI=1S/C22H20ClFN2O/c1-15(19-9-5-6-10-20(19)23)25-21(16-7-3-2-4-8-16)22(27)26-18-13-11-17(24)12-14-18/h2-15,21,25H,1H3,(H,26,27)/p+1/t15-,21-/m1/s1. The largest absolute Gasteiger partial charge is 0.326 e. The predicted octanol–water partition coefficient (Wildman–Crippen LogP) is 4.48. The summed E-state index contributed by atoms with van der Waals surface area (Å²) in [5.74, 6) is -0.516. The molecule has 2 atom stereocenters. The Balaban J connectivity index is 1.84. The van der Waals surface area contributed by atoms with E-state index in [0.717, 1.165) is 11.1 Å². The number of anilines is 1. The van der Waals surface area contributed by atoms with E-state index in [-0.39, 0.29) is 17.8 Å². The van der Waals surface area contributed by atoms with Gasteiger partial charge in [-0.1, -0.05) is 60.1 Å². The van der Waals surface area contributed by atoms with E-state index in [1.807, 2.05) is 66.8 Å². The van der Waals surface area contributed by atoms with Gasteiger partial charge in [0.1, 0.15) is 11.9 Å². The molecule has 3 nitrogen and oxygen atoms in total. The van der Waals surface area contributed by atoms with Crippen molar-refractivity contribution in [3.8, 4) is 0 Å². The monoisotopic (exact) mass is 383 g/mol. The van der Waals surface area contributed by atoms with Crippen LogP contribution in [-0.2, 0) is 4.79 Å². The second-order valence-electron chi connectivity index (χ2n) is 6.39. The minimum absolute atomic E-state index is 0.0251. The van der Waals surface area contributed by atoms with Crippen LogP contribution in [0.15, 0.2) is 78.9 Å². The Labute approximate surface area is 163 Å².